The number of carbonyl (C=O) groups excluding carboxylic acids is 1. The molecule has 0 aliphatic carbocycles. The van der Waals surface area contributed by atoms with Crippen molar-refractivity contribution >= 4 is 5.91 Å². The highest BCUT2D eigenvalue weighted by atomic mass is 19.1. The van der Waals surface area contributed by atoms with Crippen LogP contribution in [-0.2, 0) is 4.79 Å². The first-order valence-corrected chi connectivity index (χ1v) is 7.34. The molecule has 3 N–H and O–H groups in total. The normalized spacial score (nSPS) is 13.5. The smallest absolute Gasteiger partial charge is 0.229 e. The van der Waals surface area contributed by atoms with Gasteiger partial charge in [0.15, 0.2) is 0 Å². The molecule has 0 saturated heterocycles. The average molecular weight is 300 g/mol. The van der Waals surface area contributed by atoms with Gasteiger partial charge in [-0.15, -0.1) is 0 Å². The molecule has 0 aliphatic heterocycles. The summed E-state index contributed by atoms with van der Waals surface area (Å²) in [5, 5.41) is 2.91. The van der Waals surface area contributed by atoms with Crippen LogP contribution in [0.25, 0.3) is 0 Å². The highest BCUT2D eigenvalue weighted by Gasteiger charge is 2.21. The molecule has 0 aliphatic rings. The molecule has 4 heteroatoms. The van der Waals surface area contributed by atoms with E-state index in [1.807, 2.05) is 43.3 Å². The quantitative estimate of drug-likeness (QED) is 0.891. The first-order chi connectivity index (χ1) is 10.5. The van der Waals surface area contributed by atoms with Crippen LogP contribution in [0.4, 0.5) is 4.39 Å². The van der Waals surface area contributed by atoms with Crippen LogP contribution in [0.15, 0.2) is 48.5 Å². The predicted molar refractivity (Wildman–Crippen MR) is 85.9 cm³/mol. The van der Waals surface area contributed by atoms with Gasteiger partial charge in [-0.25, -0.2) is 4.39 Å². The Morgan fingerprint density at radius 1 is 1.18 bits per heavy atom. The molecule has 0 radical (unpaired) electrons. The Balaban J connectivity index is 2.11. The topological polar surface area (TPSA) is 55.1 Å². The van der Waals surface area contributed by atoms with Gasteiger partial charge >= 0.3 is 0 Å². The van der Waals surface area contributed by atoms with Crippen LogP contribution in [-0.4, -0.2) is 12.5 Å². The maximum absolute atomic E-state index is 13.6. The van der Waals surface area contributed by atoms with Crippen LogP contribution in [0.5, 0.6) is 0 Å². The predicted octanol–water partition coefficient (Wildman–Crippen LogP) is 3.05. The minimum absolute atomic E-state index is 0.151. The summed E-state index contributed by atoms with van der Waals surface area (Å²) in [7, 11) is 0. The molecule has 0 unspecified atom stereocenters. The Hall–Kier alpha value is -2.20. The van der Waals surface area contributed by atoms with Crippen molar-refractivity contribution in [3.63, 3.8) is 0 Å². The molecule has 1 amide bonds. The second kappa shape index (κ2) is 7.18. The van der Waals surface area contributed by atoms with E-state index in [0.29, 0.717) is 5.56 Å². The molecule has 0 saturated carbocycles. The van der Waals surface area contributed by atoms with Crippen molar-refractivity contribution in [1.29, 1.82) is 0 Å². The van der Waals surface area contributed by atoms with Gasteiger partial charge in [0.1, 0.15) is 5.82 Å². The fraction of sp³-hybridized carbons (Fsp3) is 0.278. The van der Waals surface area contributed by atoms with Crippen LogP contribution < -0.4 is 11.1 Å². The van der Waals surface area contributed by atoms with E-state index in [9.17, 15) is 9.18 Å². The number of nitrogens with two attached hydrogens (primary N) is 1. The Morgan fingerprint density at radius 2 is 1.86 bits per heavy atom. The molecule has 22 heavy (non-hydrogen) atoms. The van der Waals surface area contributed by atoms with Crippen molar-refractivity contribution in [3.8, 4) is 0 Å². The maximum atomic E-state index is 13.6. The zero-order valence-electron chi connectivity index (χ0n) is 12.8. The first-order valence-electron chi connectivity index (χ1n) is 7.34. The standard InChI is InChI=1S/C18H21FN2O/c1-12-8-9-15(10-17(12)19)13(2)21-18(22)16(11-20)14-6-4-3-5-7-14/h3-10,13,16H,11,20H2,1-2H3,(H,21,22)/t13-,16-/m0/s1. The molecule has 2 aromatic rings. The number of amides is 1. The first kappa shape index (κ1) is 16.2. The largest absolute Gasteiger partial charge is 0.349 e. The highest BCUT2D eigenvalue weighted by molar-refractivity contribution is 5.84. The second-order valence-electron chi connectivity index (χ2n) is 5.44. The SMILES string of the molecule is Cc1ccc([C@H](C)NC(=O)[C@@H](CN)c2ccccc2)cc1F. The van der Waals surface area contributed by atoms with Gasteiger partial charge < -0.3 is 11.1 Å². The van der Waals surface area contributed by atoms with E-state index in [1.54, 1.807) is 13.0 Å². The van der Waals surface area contributed by atoms with Gasteiger partial charge in [-0.2, -0.15) is 0 Å². The maximum Gasteiger partial charge on any atom is 0.229 e. The van der Waals surface area contributed by atoms with Gasteiger partial charge in [0.25, 0.3) is 0 Å². The van der Waals surface area contributed by atoms with Crippen molar-refractivity contribution in [2.45, 2.75) is 25.8 Å². The zero-order valence-corrected chi connectivity index (χ0v) is 12.8. The lowest BCUT2D eigenvalue weighted by atomic mass is 9.97. The van der Waals surface area contributed by atoms with Gasteiger partial charge in [-0.05, 0) is 36.6 Å². The van der Waals surface area contributed by atoms with Crippen LogP contribution in [0.1, 0.15) is 35.6 Å². The Labute approximate surface area is 130 Å². The third-order valence-corrected chi connectivity index (χ3v) is 3.81. The number of carbonyl (C=O) groups is 1. The number of benzene rings is 2. The Kier molecular flexibility index (Phi) is 5.28. The van der Waals surface area contributed by atoms with Gasteiger partial charge in [0.05, 0.1) is 12.0 Å². The van der Waals surface area contributed by atoms with E-state index < -0.39 is 5.92 Å². The van der Waals surface area contributed by atoms with Crippen LogP contribution in [0, 0.1) is 12.7 Å². The van der Waals surface area contributed by atoms with E-state index in [0.717, 1.165) is 11.1 Å². The van der Waals surface area contributed by atoms with Gasteiger partial charge in [0, 0.05) is 6.54 Å². The van der Waals surface area contributed by atoms with E-state index in [-0.39, 0.29) is 24.3 Å². The molecule has 3 nitrogen and oxygen atoms in total. The molecule has 2 atom stereocenters. The molecule has 0 spiro atoms. The Morgan fingerprint density at radius 3 is 2.45 bits per heavy atom. The third-order valence-electron chi connectivity index (χ3n) is 3.81. The van der Waals surface area contributed by atoms with E-state index in [2.05, 4.69) is 5.32 Å². The number of hydrogen-bond acceptors (Lipinski definition) is 2. The van der Waals surface area contributed by atoms with Crippen molar-refractivity contribution in [1.82, 2.24) is 5.32 Å². The molecule has 0 aromatic heterocycles. The summed E-state index contributed by atoms with van der Waals surface area (Å²) in [5.41, 5.74) is 7.95. The Bertz CT molecular complexity index is 643. The summed E-state index contributed by atoms with van der Waals surface area (Å²) in [5.74, 6) is -0.821. The van der Waals surface area contributed by atoms with Gasteiger partial charge in [-0.1, -0.05) is 42.5 Å². The number of nitrogens with one attached hydrogen (secondary N) is 1. The molecule has 2 aromatic carbocycles. The van der Waals surface area contributed by atoms with Crippen LogP contribution in [0.3, 0.4) is 0 Å². The molecule has 2 rings (SSSR count). The van der Waals surface area contributed by atoms with Crippen molar-refractivity contribution in [2.24, 2.45) is 5.73 Å². The number of hydrogen-bond donors (Lipinski definition) is 2. The van der Waals surface area contributed by atoms with E-state index in [4.69, 9.17) is 5.73 Å². The molecular formula is C18H21FN2O. The van der Waals surface area contributed by atoms with Crippen LogP contribution >= 0.6 is 0 Å². The lowest BCUT2D eigenvalue weighted by Gasteiger charge is -2.20. The monoisotopic (exact) mass is 300 g/mol. The molecule has 0 heterocycles. The summed E-state index contributed by atoms with van der Waals surface area (Å²) in [6, 6.07) is 14.1. The summed E-state index contributed by atoms with van der Waals surface area (Å²) in [4.78, 5) is 12.4. The second-order valence-corrected chi connectivity index (χ2v) is 5.44. The molecule has 0 bridgehead atoms. The summed E-state index contributed by atoms with van der Waals surface area (Å²) in [6.07, 6.45) is 0. The average Bonchev–Trinajstić information content (AvgIpc) is 2.51. The van der Waals surface area contributed by atoms with E-state index in [1.165, 1.54) is 6.07 Å². The van der Waals surface area contributed by atoms with Gasteiger partial charge in [0.2, 0.25) is 5.91 Å². The van der Waals surface area contributed by atoms with Crippen molar-refractivity contribution < 1.29 is 9.18 Å². The summed E-state index contributed by atoms with van der Waals surface area (Å²) >= 11 is 0. The summed E-state index contributed by atoms with van der Waals surface area (Å²) in [6.45, 7) is 3.77. The van der Waals surface area contributed by atoms with E-state index >= 15 is 0 Å². The van der Waals surface area contributed by atoms with Crippen molar-refractivity contribution in [2.75, 3.05) is 6.54 Å². The number of halogens is 1. The summed E-state index contributed by atoms with van der Waals surface area (Å²) < 4.78 is 13.6. The lowest BCUT2D eigenvalue weighted by Crippen LogP contribution is -2.35. The highest BCUT2D eigenvalue weighted by Crippen LogP contribution is 2.19. The lowest BCUT2D eigenvalue weighted by molar-refractivity contribution is -0.123. The van der Waals surface area contributed by atoms with Crippen LogP contribution in [0.2, 0.25) is 0 Å². The van der Waals surface area contributed by atoms with Crippen molar-refractivity contribution in [3.05, 3.63) is 71.0 Å². The minimum Gasteiger partial charge on any atom is -0.349 e. The minimum atomic E-state index is -0.404. The molecule has 0 fully saturated rings. The molecular weight excluding hydrogens is 279 g/mol. The van der Waals surface area contributed by atoms with Gasteiger partial charge in [-0.3, -0.25) is 4.79 Å². The zero-order chi connectivity index (χ0) is 16.1. The fourth-order valence-corrected chi connectivity index (χ4v) is 2.36. The third kappa shape index (κ3) is 3.71. The number of rotatable bonds is 5. The number of aryl methyl sites for hydroxylation is 1. The molecule has 116 valence electrons. The fourth-order valence-electron chi connectivity index (χ4n) is 2.36.